The van der Waals surface area contributed by atoms with Crippen LogP contribution in [0.5, 0.6) is 0 Å². The molecule has 0 saturated heterocycles. The Morgan fingerprint density at radius 2 is 1.80 bits per heavy atom. The zero-order valence-electron chi connectivity index (χ0n) is 13.4. The molecule has 5 nitrogen and oxygen atoms in total. The molecule has 0 unspecified atom stereocenters. The molecule has 0 saturated carbocycles. The van der Waals surface area contributed by atoms with Gasteiger partial charge in [0.2, 0.25) is 5.91 Å². The van der Waals surface area contributed by atoms with Gasteiger partial charge in [0.1, 0.15) is 5.82 Å². The Balaban J connectivity index is 1.88. The lowest BCUT2D eigenvalue weighted by Crippen LogP contribution is -2.32. The Morgan fingerprint density at radius 3 is 2.52 bits per heavy atom. The smallest absolute Gasteiger partial charge is 0.264 e. The van der Waals surface area contributed by atoms with Crippen LogP contribution >= 0.6 is 0 Å². The van der Waals surface area contributed by atoms with Gasteiger partial charge in [-0.2, -0.15) is 0 Å². The monoisotopic (exact) mass is 358 g/mol. The number of nitrogens with zero attached hydrogens (tertiary/aromatic N) is 1. The third-order valence-electron chi connectivity index (χ3n) is 3.75. The van der Waals surface area contributed by atoms with Gasteiger partial charge in [0.05, 0.1) is 11.3 Å². The van der Waals surface area contributed by atoms with Crippen molar-refractivity contribution in [3.63, 3.8) is 0 Å². The number of hydrogen-bond acceptors (Lipinski definition) is 4. The van der Waals surface area contributed by atoms with Crippen LogP contribution in [-0.4, -0.2) is 19.3 Å². The van der Waals surface area contributed by atoms with E-state index in [4.69, 9.17) is 0 Å². The van der Waals surface area contributed by atoms with Gasteiger partial charge in [0, 0.05) is 23.2 Å². The van der Waals surface area contributed by atoms with E-state index in [1.54, 1.807) is 12.1 Å². The second-order valence-electron chi connectivity index (χ2n) is 5.66. The van der Waals surface area contributed by atoms with Crippen LogP contribution in [0.4, 0.5) is 4.39 Å². The van der Waals surface area contributed by atoms with Crippen molar-refractivity contribution in [2.75, 3.05) is 0 Å². The highest BCUT2D eigenvalue weighted by Crippen LogP contribution is 2.24. The predicted molar refractivity (Wildman–Crippen MR) is 91.9 cm³/mol. The fraction of sp³-hybridized carbons (Fsp3) is 0.111. The van der Waals surface area contributed by atoms with Crippen LogP contribution < -0.4 is 4.72 Å². The van der Waals surface area contributed by atoms with Gasteiger partial charge >= 0.3 is 0 Å². The van der Waals surface area contributed by atoms with E-state index in [1.807, 2.05) is 23.8 Å². The fourth-order valence-electron chi connectivity index (χ4n) is 2.49. The summed E-state index contributed by atoms with van der Waals surface area (Å²) in [5, 5.41) is 0.252. The first-order valence-corrected chi connectivity index (χ1v) is 8.98. The molecular formula is C18H15FN2O3S. The summed E-state index contributed by atoms with van der Waals surface area (Å²) < 4.78 is 40.9. The maximum atomic E-state index is 13.8. The second kappa shape index (κ2) is 6.60. The van der Waals surface area contributed by atoms with E-state index in [0.717, 1.165) is 17.7 Å². The minimum absolute atomic E-state index is 0.0693. The predicted octanol–water partition coefficient (Wildman–Crippen LogP) is 2.73. The number of carbonyl (C=O) groups is 1. The average Bonchev–Trinajstić information content (AvgIpc) is 2.57. The van der Waals surface area contributed by atoms with E-state index in [1.165, 1.54) is 18.5 Å². The molecule has 3 aromatic rings. The van der Waals surface area contributed by atoms with Gasteiger partial charge in [-0.05, 0) is 30.7 Å². The molecule has 3 rings (SSSR count). The first-order chi connectivity index (χ1) is 11.9. The number of carbonyl (C=O) groups excluding carboxylic acids is 1. The molecule has 2 aromatic carbocycles. The highest BCUT2D eigenvalue weighted by atomic mass is 32.2. The Bertz CT molecular complexity index is 1050. The van der Waals surface area contributed by atoms with Gasteiger partial charge in [-0.1, -0.05) is 29.8 Å². The zero-order chi connectivity index (χ0) is 18.0. The molecule has 1 N–H and O–H groups in total. The van der Waals surface area contributed by atoms with E-state index in [-0.39, 0.29) is 22.1 Å². The van der Waals surface area contributed by atoms with Crippen molar-refractivity contribution in [2.45, 2.75) is 18.2 Å². The summed E-state index contributed by atoms with van der Waals surface area (Å²) in [4.78, 5) is 15.7. The van der Waals surface area contributed by atoms with Gasteiger partial charge in [0.15, 0.2) is 0 Å². The van der Waals surface area contributed by atoms with E-state index < -0.39 is 21.7 Å². The molecule has 1 amide bonds. The number of sulfonamides is 1. The molecule has 0 aliphatic heterocycles. The first-order valence-electron chi connectivity index (χ1n) is 7.50. The van der Waals surface area contributed by atoms with Crippen molar-refractivity contribution >= 4 is 26.7 Å². The van der Waals surface area contributed by atoms with Crippen molar-refractivity contribution in [3.8, 4) is 0 Å². The Labute approximate surface area is 144 Å². The molecule has 25 heavy (non-hydrogen) atoms. The Morgan fingerprint density at radius 1 is 1.08 bits per heavy atom. The molecule has 0 spiro atoms. The van der Waals surface area contributed by atoms with Gasteiger partial charge in [-0.25, -0.2) is 17.5 Å². The summed E-state index contributed by atoms with van der Waals surface area (Å²) in [6, 6.07) is 10.8. The van der Waals surface area contributed by atoms with Crippen LogP contribution in [0.15, 0.2) is 59.8 Å². The molecule has 0 aliphatic rings. The van der Waals surface area contributed by atoms with E-state index in [0.29, 0.717) is 5.56 Å². The van der Waals surface area contributed by atoms with Crippen LogP contribution in [0.1, 0.15) is 11.1 Å². The number of hydrogen-bond donors (Lipinski definition) is 1. The summed E-state index contributed by atoms with van der Waals surface area (Å²) >= 11 is 0. The molecule has 1 heterocycles. The van der Waals surface area contributed by atoms with Crippen molar-refractivity contribution < 1.29 is 17.6 Å². The maximum Gasteiger partial charge on any atom is 0.264 e. The van der Waals surface area contributed by atoms with E-state index >= 15 is 0 Å². The van der Waals surface area contributed by atoms with E-state index in [9.17, 15) is 17.6 Å². The quantitative estimate of drug-likeness (QED) is 0.778. The third-order valence-corrected chi connectivity index (χ3v) is 5.18. The molecule has 0 aliphatic carbocycles. The lowest BCUT2D eigenvalue weighted by molar-refractivity contribution is -0.118. The highest BCUT2D eigenvalue weighted by molar-refractivity contribution is 7.90. The molecule has 128 valence electrons. The summed E-state index contributed by atoms with van der Waals surface area (Å²) in [6.45, 7) is 1.92. The number of benzene rings is 2. The summed E-state index contributed by atoms with van der Waals surface area (Å²) in [6.07, 6.45) is 2.55. The van der Waals surface area contributed by atoms with Crippen LogP contribution in [0.3, 0.4) is 0 Å². The van der Waals surface area contributed by atoms with Crippen molar-refractivity contribution in [1.29, 1.82) is 0 Å². The largest absolute Gasteiger partial charge is 0.274 e. The molecular weight excluding hydrogens is 343 g/mol. The molecule has 0 bridgehead atoms. The number of aromatic nitrogens is 1. The van der Waals surface area contributed by atoms with Crippen molar-refractivity contribution in [3.05, 3.63) is 71.8 Å². The molecule has 0 atom stereocenters. The second-order valence-corrected chi connectivity index (χ2v) is 7.31. The number of aryl methyl sites for hydroxylation is 1. The Kier molecular flexibility index (Phi) is 4.50. The molecule has 1 aromatic heterocycles. The normalized spacial score (nSPS) is 11.4. The summed E-state index contributed by atoms with van der Waals surface area (Å²) in [5.74, 6) is -1.23. The third kappa shape index (κ3) is 3.66. The van der Waals surface area contributed by atoms with Gasteiger partial charge < -0.3 is 0 Å². The van der Waals surface area contributed by atoms with E-state index in [2.05, 4.69) is 4.98 Å². The number of pyridine rings is 1. The molecule has 7 heteroatoms. The molecule has 0 radical (unpaired) electrons. The summed E-state index contributed by atoms with van der Waals surface area (Å²) in [7, 11) is -4.13. The first kappa shape index (κ1) is 17.0. The number of rotatable bonds is 4. The highest BCUT2D eigenvalue weighted by Gasteiger charge is 2.21. The number of halogens is 1. The fourth-order valence-corrected chi connectivity index (χ4v) is 3.69. The lowest BCUT2D eigenvalue weighted by Gasteiger charge is -2.10. The molecule has 0 fully saturated rings. The maximum absolute atomic E-state index is 13.8. The zero-order valence-corrected chi connectivity index (χ0v) is 14.2. The summed E-state index contributed by atoms with van der Waals surface area (Å²) in [5.41, 5.74) is 1.75. The van der Waals surface area contributed by atoms with Gasteiger partial charge in [0.25, 0.3) is 10.0 Å². The minimum atomic E-state index is -4.13. The van der Waals surface area contributed by atoms with Crippen LogP contribution in [0.25, 0.3) is 10.8 Å². The SMILES string of the molecule is Cc1ccc(CC(=O)NS(=O)(=O)c2ccc(F)c3cnccc23)cc1. The van der Waals surface area contributed by atoms with Crippen LogP contribution in [0.2, 0.25) is 0 Å². The van der Waals surface area contributed by atoms with Gasteiger partial charge in [-0.3, -0.25) is 9.78 Å². The topological polar surface area (TPSA) is 76.1 Å². The standard InChI is InChI=1S/C18H15FN2O3S/c1-12-2-4-13(5-3-12)10-18(22)21-25(23,24)17-7-6-16(19)15-11-20-9-8-14(15)17/h2-9,11H,10H2,1H3,(H,21,22). The average molecular weight is 358 g/mol. The minimum Gasteiger partial charge on any atom is -0.274 e. The van der Waals surface area contributed by atoms with Crippen LogP contribution in [0, 0.1) is 12.7 Å². The van der Waals surface area contributed by atoms with Crippen LogP contribution in [-0.2, 0) is 21.2 Å². The Hall–Kier alpha value is -2.80. The lowest BCUT2D eigenvalue weighted by atomic mass is 10.1. The van der Waals surface area contributed by atoms with Crippen molar-refractivity contribution in [2.24, 2.45) is 0 Å². The van der Waals surface area contributed by atoms with Crippen molar-refractivity contribution in [1.82, 2.24) is 9.71 Å². The number of amides is 1. The number of nitrogens with one attached hydrogen (secondary N) is 1. The number of fused-ring (bicyclic) bond motifs is 1. The van der Waals surface area contributed by atoms with Gasteiger partial charge in [-0.15, -0.1) is 0 Å².